The number of nitrogens with one attached hydrogen (secondary N) is 2. The predicted molar refractivity (Wildman–Crippen MR) is 90.4 cm³/mol. The van der Waals surface area contributed by atoms with E-state index < -0.39 is 17.6 Å². The molecule has 1 spiro atoms. The van der Waals surface area contributed by atoms with Crippen LogP contribution in [0.3, 0.4) is 0 Å². The Kier molecular flexibility index (Phi) is 6.25. The first kappa shape index (κ1) is 20.3. The topological polar surface area (TPSA) is 50.4 Å². The lowest BCUT2D eigenvalue weighted by atomic mass is 9.88. The third-order valence-electron chi connectivity index (χ3n) is 4.60. The van der Waals surface area contributed by atoms with E-state index in [2.05, 4.69) is 10.6 Å². The zero-order valence-electron chi connectivity index (χ0n) is 13.3. The molecule has 2 aliphatic heterocycles. The van der Waals surface area contributed by atoms with Gasteiger partial charge in [-0.3, -0.25) is 4.79 Å². The molecule has 1 unspecified atom stereocenters. The molecule has 2 fully saturated rings. The second-order valence-corrected chi connectivity index (χ2v) is 6.72. The van der Waals surface area contributed by atoms with Gasteiger partial charge in [0.15, 0.2) is 0 Å². The van der Waals surface area contributed by atoms with Crippen molar-refractivity contribution in [1.29, 1.82) is 0 Å². The van der Waals surface area contributed by atoms with Crippen LogP contribution in [0.5, 0.6) is 0 Å². The van der Waals surface area contributed by atoms with Gasteiger partial charge in [0.2, 0.25) is 0 Å². The van der Waals surface area contributed by atoms with Crippen molar-refractivity contribution >= 4 is 29.9 Å². The predicted octanol–water partition coefficient (Wildman–Crippen LogP) is 3.42. The van der Waals surface area contributed by atoms with Crippen molar-refractivity contribution in [3.63, 3.8) is 0 Å². The smallest absolute Gasteiger partial charge is 0.373 e. The summed E-state index contributed by atoms with van der Waals surface area (Å²) in [6.45, 7) is 2.09. The van der Waals surface area contributed by atoms with Crippen molar-refractivity contribution < 1.29 is 22.7 Å². The quantitative estimate of drug-likeness (QED) is 0.802. The molecule has 1 atom stereocenters. The van der Waals surface area contributed by atoms with E-state index in [1.54, 1.807) is 0 Å². The Morgan fingerprint density at radius 3 is 2.64 bits per heavy atom. The molecule has 0 bridgehead atoms. The van der Waals surface area contributed by atoms with Gasteiger partial charge in [0.25, 0.3) is 5.91 Å². The molecule has 4 nitrogen and oxygen atoms in total. The molecular formula is C16H19Cl2F3N2O2. The van der Waals surface area contributed by atoms with E-state index >= 15 is 0 Å². The zero-order chi connectivity index (χ0) is 17.4. The van der Waals surface area contributed by atoms with Gasteiger partial charge >= 0.3 is 6.18 Å². The molecule has 2 aliphatic rings. The van der Waals surface area contributed by atoms with Crippen LogP contribution in [0.25, 0.3) is 0 Å². The molecule has 2 N–H and O–H groups in total. The molecule has 0 aromatic heterocycles. The second kappa shape index (κ2) is 7.70. The fourth-order valence-corrected chi connectivity index (χ4v) is 3.51. The lowest BCUT2D eigenvalue weighted by Gasteiger charge is -2.32. The number of rotatable bonds is 2. The average molecular weight is 399 g/mol. The minimum Gasteiger partial charge on any atom is -0.373 e. The Hall–Kier alpha value is -1.02. The molecule has 9 heteroatoms. The maximum absolute atomic E-state index is 12.8. The van der Waals surface area contributed by atoms with E-state index in [4.69, 9.17) is 16.3 Å². The van der Waals surface area contributed by atoms with Crippen molar-refractivity contribution in [2.45, 2.75) is 37.1 Å². The number of carbonyl (C=O) groups is 1. The highest BCUT2D eigenvalue weighted by molar-refractivity contribution is 6.33. The highest BCUT2D eigenvalue weighted by atomic mass is 35.5. The maximum atomic E-state index is 12.8. The van der Waals surface area contributed by atoms with E-state index in [1.807, 2.05) is 0 Å². The SMILES string of the molecule is Cl.O=C(NC1COC2(CCNCC2)C1)c1cc(C(F)(F)F)ccc1Cl. The highest BCUT2D eigenvalue weighted by Crippen LogP contribution is 2.35. The summed E-state index contributed by atoms with van der Waals surface area (Å²) in [7, 11) is 0. The summed E-state index contributed by atoms with van der Waals surface area (Å²) in [5, 5.41) is 6.00. The minimum atomic E-state index is -4.52. The van der Waals surface area contributed by atoms with Gasteiger partial charge in [-0.15, -0.1) is 12.4 Å². The number of alkyl halides is 3. The first-order valence-corrected chi connectivity index (χ1v) is 8.19. The summed E-state index contributed by atoms with van der Waals surface area (Å²) >= 11 is 5.90. The van der Waals surface area contributed by atoms with E-state index in [1.165, 1.54) is 0 Å². The standard InChI is InChI=1S/C16H18ClF3N2O2.ClH/c17-13-2-1-10(16(18,19)20)7-12(13)14(23)22-11-8-15(24-9-11)3-5-21-6-4-15;/h1-2,7,11,21H,3-6,8-9H2,(H,22,23);1H. The Bertz CT molecular complexity index is 634. The molecular weight excluding hydrogens is 380 g/mol. The minimum absolute atomic E-state index is 0. The van der Waals surface area contributed by atoms with Crippen LogP contribution in [0.2, 0.25) is 5.02 Å². The number of benzene rings is 1. The molecule has 0 saturated carbocycles. The van der Waals surface area contributed by atoms with Crippen LogP contribution in [0.4, 0.5) is 13.2 Å². The first-order valence-electron chi connectivity index (χ1n) is 7.81. The molecule has 1 aromatic rings. The summed E-state index contributed by atoms with van der Waals surface area (Å²) in [5.74, 6) is -0.606. The molecule has 25 heavy (non-hydrogen) atoms. The third kappa shape index (κ3) is 4.58. The number of amides is 1. The van der Waals surface area contributed by atoms with Gasteiger partial charge in [0.1, 0.15) is 0 Å². The van der Waals surface area contributed by atoms with Crippen LogP contribution >= 0.6 is 24.0 Å². The van der Waals surface area contributed by atoms with Crippen LogP contribution in [0, 0.1) is 0 Å². The summed E-state index contributed by atoms with van der Waals surface area (Å²) in [5.41, 5.74) is -1.30. The molecule has 1 amide bonds. The molecule has 2 saturated heterocycles. The van der Waals surface area contributed by atoms with Gasteiger partial charge in [-0.25, -0.2) is 0 Å². The fraction of sp³-hybridized carbons (Fsp3) is 0.562. The Morgan fingerprint density at radius 2 is 2.00 bits per heavy atom. The largest absolute Gasteiger partial charge is 0.416 e. The molecule has 140 valence electrons. The highest BCUT2D eigenvalue weighted by Gasteiger charge is 2.41. The van der Waals surface area contributed by atoms with E-state index in [-0.39, 0.29) is 34.6 Å². The average Bonchev–Trinajstić information content (AvgIpc) is 2.89. The summed E-state index contributed by atoms with van der Waals surface area (Å²) in [6, 6.07) is 2.52. The number of hydrogen-bond donors (Lipinski definition) is 2. The number of hydrogen-bond acceptors (Lipinski definition) is 3. The van der Waals surface area contributed by atoms with Crippen molar-refractivity contribution in [1.82, 2.24) is 10.6 Å². The molecule has 1 aromatic carbocycles. The number of halogens is 5. The number of piperidine rings is 1. The Labute approximate surface area is 154 Å². The lowest BCUT2D eigenvalue weighted by Crippen LogP contribution is -2.43. The van der Waals surface area contributed by atoms with Gasteiger partial charge in [-0.05, 0) is 50.6 Å². The monoisotopic (exact) mass is 398 g/mol. The zero-order valence-corrected chi connectivity index (χ0v) is 14.9. The first-order chi connectivity index (χ1) is 11.3. The fourth-order valence-electron chi connectivity index (χ4n) is 3.31. The van der Waals surface area contributed by atoms with E-state index in [0.717, 1.165) is 44.1 Å². The van der Waals surface area contributed by atoms with Crippen LogP contribution in [-0.4, -0.2) is 37.2 Å². The third-order valence-corrected chi connectivity index (χ3v) is 4.93. The van der Waals surface area contributed by atoms with E-state index in [9.17, 15) is 18.0 Å². The Morgan fingerprint density at radius 1 is 1.32 bits per heavy atom. The van der Waals surface area contributed by atoms with E-state index in [0.29, 0.717) is 13.0 Å². The van der Waals surface area contributed by atoms with Gasteiger partial charge in [-0.1, -0.05) is 11.6 Å². The number of ether oxygens (including phenoxy) is 1. The van der Waals surface area contributed by atoms with Crippen LogP contribution in [-0.2, 0) is 10.9 Å². The maximum Gasteiger partial charge on any atom is 0.416 e. The van der Waals surface area contributed by atoms with Crippen molar-refractivity contribution in [2.24, 2.45) is 0 Å². The Balaban J connectivity index is 0.00000225. The normalized spacial score (nSPS) is 22.5. The van der Waals surface area contributed by atoms with Crippen LogP contribution in [0.1, 0.15) is 35.2 Å². The summed E-state index contributed by atoms with van der Waals surface area (Å²) in [6.07, 6.45) is -2.13. The molecule has 0 radical (unpaired) electrons. The van der Waals surface area contributed by atoms with Gasteiger partial charge in [0.05, 0.1) is 34.4 Å². The lowest BCUT2D eigenvalue weighted by molar-refractivity contribution is -0.137. The van der Waals surface area contributed by atoms with Crippen LogP contribution < -0.4 is 10.6 Å². The number of carbonyl (C=O) groups excluding carboxylic acids is 1. The molecule has 2 heterocycles. The summed E-state index contributed by atoms with van der Waals surface area (Å²) in [4.78, 5) is 12.3. The second-order valence-electron chi connectivity index (χ2n) is 6.31. The van der Waals surface area contributed by atoms with Crippen molar-refractivity contribution in [3.05, 3.63) is 34.3 Å². The molecule has 0 aliphatic carbocycles. The van der Waals surface area contributed by atoms with Gasteiger partial charge in [0, 0.05) is 0 Å². The van der Waals surface area contributed by atoms with Crippen LogP contribution in [0.15, 0.2) is 18.2 Å². The summed E-state index contributed by atoms with van der Waals surface area (Å²) < 4.78 is 44.3. The van der Waals surface area contributed by atoms with Crippen molar-refractivity contribution in [3.8, 4) is 0 Å². The van der Waals surface area contributed by atoms with Gasteiger partial charge in [-0.2, -0.15) is 13.2 Å². The van der Waals surface area contributed by atoms with Crippen molar-refractivity contribution in [2.75, 3.05) is 19.7 Å². The molecule has 3 rings (SSSR count). The van der Waals surface area contributed by atoms with Gasteiger partial charge < -0.3 is 15.4 Å².